The number of aryl methyl sites for hydroxylation is 1. The number of aromatic nitrogens is 1. The number of H-pyrrole nitrogens is 1. The summed E-state index contributed by atoms with van der Waals surface area (Å²) in [5.41, 5.74) is 2.90. The van der Waals surface area contributed by atoms with E-state index in [1.54, 1.807) is 14.2 Å². The maximum atomic E-state index is 12.8. The van der Waals surface area contributed by atoms with Crippen LogP contribution in [0.3, 0.4) is 0 Å². The molecule has 1 atom stereocenters. The summed E-state index contributed by atoms with van der Waals surface area (Å²) in [4.78, 5) is 28.0. The van der Waals surface area contributed by atoms with Crippen molar-refractivity contribution in [2.75, 3.05) is 14.2 Å². The summed E-state index contributed by atoms with van der Waals surface area (Å²) in [6, 6.07) is 14.5. The number of aromatic amines is 1. The number of amides is 1. The van der Waals surface area contributed by atoms with E-state index in [0.717, 1.165) is 29.5 Å². The monoisotopic (exact) mass is 420 g/mol. The molecule has 0 aliphatic heterocycles. The van der Waals surface area contributed by atoms with E-state index in [1.807, 2.05) is 42.5 Å². The van der Waals surface area contributed by atoms with Gasteiger partial charge < -0.3 is 24.5 Å². The number of nitrogens with one attached hydrogen (secondary N) is 2. The van der Waals surface area contributed by atoms with Gasteiger partial charge in [-0.3, -0.25) is 9.59 Å². The highest BCUT2D eigenvalue weighted by Crippen LogP contribution is 2.39. The Labute approximate surface area is 180 Å². The Bertz CT molecular complexity index is 1140. The summed E-state index contributed by atoms with van der Waals surface area (Å²) >= 11 is 0. The second-order valence-corrected chi connectivity index (χ2v) is 7.32. The Hall–Kier alpha value is -3.74. The second kappa shape index (κ2) is 8.95. The highest BCUT2D eigenvalue weighted by atomic mass is 16.5. The fourth-order valence-corrected chi connectivity index (χ4v) is 3.76. The molecular formula is C24H24N2O5. The number of ether oxygens (including phenoxy) is 3. The number of hydrogen-bond acceptors (Lipinski definition) is 5. The smallest absolute Gasteiger partial charge is 0.268 e. The molecule has 1 amide bonds. The second-order valence-electron chi connectivity index (χ2n) is 7.32. The van der Waals surface area contributed by atoms with Crippen LogP contribution in [-0.2, 0) is 13.0 Å². The molecule has 0 fully saturated rings. The normalized spacial score (nSPS) is 14.6. The van der Waals surface area contributed by atoms with Crippen LogP contribution in [0.25, 0.3) is 0 Å². The van der Waals surface area contributed by atoms with Gasteiger partial charge in [-0.05, 0) is 41.7 Å². The van der Waals surface area contributed by atoms with E-state index < -0.39 is 0 Å². The maximum absolute atomic E-state index is 12.8. The molecule has 1 aliphatic carbocycles. The van der Waals surface area contributed by atoms with Crippen LogP contribution in [0.5, 0.6) is 17.2 Å². The first kappa shape index (κ1) is 20.5. The molecular weight excluding hydrogens is 396 g/mol. The van der Waals surface area contributed by atoms with E-state index in [4.69, 9.17) is 14.2 Å². The highest BCUT2D eigenvalue weighted by Gasteiger charge is 2.27. The van der Waals surface area contributed by atoms with Crippen LogP contribution in [-0.4, -0.2) is 25.1 Å². The van der Waals surface area contributed by atoms with Gasteiger partial charge in [-0.1, -0.05) is 30.3 Å². The van der Waals surface area contributed by atoms with E-state index in [1.165, 1.54) is 12.3 Å². The molecule has 7 heteroatoms. The summed E-state index contributed by atoms with van der Waals surface area (Å²) < 4.78 is 16.3. The summed E-state index contributed by atoms with van der Waals surface area (Å²) in [6.07, 6.45) is 3.01. The van der Waals surface area contributed by atoms with Gasteiger partial charge >= 0.3 is 0 Å². The molecule has 3 aromatic rings. The SMILES string of the molecule is COc1cc2c(cc1OC)[C@H](NC(=O)c1cc(=O)c(OCc3ccccc3)c[nH]1)CC2. The van der Waals surface area contributed by atoms with E-state index >= 15 is 0 Å². The first-order chi connectivity index (χ1) is 15.1. The molecule has 31 heavy (non-hydrogen) atoms. The molecule has 0 saturated carbocycles. The molecule has 2 aromatic carbocycles. The van der Waals surface area contributed by atoms with Crippen molar-refractivity contribution in [3.63, 3.8) is 0 Å². The molecule has 1 aromatic heterocycles. The van der Waals surface area contributed by atoms with Crippen molar-refractivity contribution >= 4 is 5.91 Å². The average molecular weight is 420 g/mol. The number of benzene rings is 2. The predicted octanol–water partition coefficient (Wildman–Crippen LogP) is 3.39. The van der Waals surface area contributed by atoms with Crippen molar-refractivity contribution in [3.8, 4) is 17.2 Å². The third-order valence-corrected chi connectivity index (χ3v) is 5.39. The highest BCUT2D eigenvalue weighted by molar-refractivity contribution is 5.92. The number of fused-ring (bicyclic) bond motifs is 1. The first-order valence-electron chi connectivity index (χ1n) is 10.0. The largest absolute Gasteiger partial charge is 0.493 e. The van der Waals surface area contributed by atoms with Gasteiger partial charge in [0, 0.05) is 12.3 Å². The van der Waals surface area contributed by atoms with Gasteiger partial charge in [-0.15, -0.1) is 0 Å². The Kier molecular flexibility index (Phi) is 5.93. The lowest BCUT2D eigenvalue weighted by Crippen LogP contribution is -2.29. The quantitative estimate of drug-likeness (QED) is 0.612. The van der Waals surface area contributed by atoms with Crippen LogP contribution in [0.15, 0.2) is 59.5 Å². The molecule has 2 N–H and O–H groups in total. The van der Waals surface area contributed by atoms with E-state index in [2.05, 4.69) is 10.3 Å². The lowest BCUT2D eigenvalue weighted by Gasteiger charge is -2.16. The van der Waals surface area contributed by atoms with Crippen LogP contribution in [0.4, 0.5) is 0 Å². The lowest BCUT2D eigenvalue weighted by molar-refractivity contribution is 0.0931. The van der Waals surface area contributed by atoms with Crippen molar-refractivity contribution < 1.29 is 19.0 Å². The Morgan fingerprint density at radius 3 is 2.52 bits per heavy atom. The molecule has 1 heterocycles. The summed E-state index contributed by atoms with van der Waals surface area (Å²) in [7, 11) is 3.18. The zero-order valence-electron chi connectivity index (χ0n) is 17.4. The van der Waals surface area contributed by atoms with E-state index in [0.29, 0.717) is 11.5 Å². The van der Waals surface area contributed by atoms with E-state index in [9.17, 15) is 9.59 Å². The average Bonchev–Trinajstić information content (AvgIpc) is 3.19. The van der Waals surface area contributed by atoms with Crippen LogP contribution in [0.1, 0.15) is 39.6 Å². The van der Waals surface area contributed by atoms with E-state index in [-0.39, 0.29) is 35.4 Å². The molecule has 0 saturated heterocycles. The van der Waals surface area contributed by atoms with Crippen molar-refractivity contribution in [2.45, 2.75) is 25.5 Å². The van der Waals surface area contributed by atoms with Gasteiger partial charge in [0.05, 0.1) is 20.3 Å². The number of methoxy groups -OCH3 is 2. The van der Waals surface area contributed by atoms with Gasteiger partial charge in [-0.2, -0.15) is 0 Å². The van der Waals surface area contributed by atoms with Crippen molar-refractivity contribution in [1.29, 1.82) is 0 Å². The number of rotatable bonds is 7. The third kappa shape index (κ3) is 4.40. The van der Waals surface area contributed by atoms with Gasteiger partial charge in [0.25, 0.3) is 5.91 Å². The van der Waals surface area contributed by atoms with Crippen LogP contribution >= 0.6 is 0 Å². The number of pyridine rings is 1. The standard InChI is InChI=1S/C24H24N2O5/c1-29-21-10-16-8-9-18(17(16)11-22(21)30-2)26-24(28)19-12-20(27)23(13-25-19)31-14-15-6-4-3-5-7-15/h3-7,10-13,18H,8-9,14H2,1-2H3,(H,25,27)(H,26,28)/t18-/m1/s1. The molecule has 7 nitrogen and oxygen atoms in total. The Morgan fingerprint density at radius 1 is 1.06 bits per heavy atom. The minimum absolute atomic E-state index is 0.167. The summed E-state index contributed by atoms with van der Waals surface area (Å²) in [5.74, 6) is 1.11. The molecule has 0 spiro atoms. The molecule has 160 valence electrons. The van der Waals surface area contributed by atoms with Crippen LogP contribution in [0.2, 0.25) is 0 Å². The zero-order valence-corrected chi connectivity index (χ0v) is 17.4. The summed E-state index contributed by atoms with van der Waals surface area (Å²) in [5, 5.41) is 3.00. The maximum Gasteiger partial charge on any atom is 0.268 e. The Balaban J connectivity index is 1.45. The molecule has 1 aliphatic rings. The van der Waals surface area contributed by atoms with Gasteiger partial charge in [0.15, 0.2) is 17.2 Å². The van der Waals surface area contributed by atoms with Crippen LogP contribution < -0.4 is 25.0 Å². The van der Waals surface area contributed by atoms with Gasteiger partial charge in [0.2, 0.25) is 5.43 Å². The molecule has 4 rings (SSSR count). The fraction of sp³-hybridized carbons (Fsp3) is 0.250. The third-order valence-electron chi connectivity index (χ3n) is 5.39. The minimum Gasteiger partial charge on any atom is -0.493 e. The number of carbonyl (C=O) groups is 1. The first-order valence-corrected chi connectivity index (χ1v) is 10.0. The lowest BCUT2D eigenvalue weighted by atomic mass is 10.1. The topological polar surface area (TPSA) is 89.7 Å². The number of hydrogen-bond donors (Lipinski definition) is 2. The van der Waals surface area contributed by atoms with Crippen molar-refractivity contribution in [3.05, 3.63) is 87.3 Å². The van der Waals surface area contributed by atoms with Crippen molar-refractivity contribution in [1.82, 2.24) is 10.3 Å². The molecule has 0 unspecified atom stereocenters. The summed E-state index contributed by atoms with van der Waals surface area (Å²) in [6.45, 7) is 0.277. The van der Waals surface area contributed by atoms with Crippen LogP contribution in [0, 0.1) is 0 Å². The zero-order chi connectivity index (χ0) is 21.8. The van der Waals surface area contributed by atoms with Gasteiger partial charge in [0.1, 0.15) is 12.3 Å². The fourth-order valence-electron chi connectivity index (χ4n) is 3.76. The predicted molar refractivity (Wildman–Crippen MR) is 116 cm³/mol. The van der Waals surface area contributed by atoms with Gasteiger partial charge in [-0.25, -0.2) is 0 Å². The Morgan fingerprint density at radius 2 is 1.81 bits per heavy atom. The number of carbonyl (C=O) groups excluding carboxylic acids is 1. The molecule has 0 radical (unpaired) electrons. The van der Waals surface area contributed by atoms with Crippen molar-refractivity contribution in [2.24, 2.45) is 0 Å². The minimum atomic E-state index is -0.349. The molecule has 0 bridgehead atoms.